The molecule has 1 aliphatic heterocycles. The Morgan fingerprint density at radius 2 is 2.23 bits per heavy atom. The molecular weight excluding hydrogens is 215 g/mol. The van der Waals surface area contributed by atoms with Crippen LogP contribution in [0.5, 0.6) is 0 Å². The molecule has 0 saturated carbocycles. The summed E-state index contributed by atoms with van der Waals surface area (Å²) in [7, 11) is 3.92. The number of hydrogen-bond donors (Lipinski definition) is 1. The Balaban J connectivity index is 0.00000144. The summed E-state index contributed by atoms with van der Waals surface area (Å²) >= 11 is 0. The first-order chi connectivity index (χ1) is 5.79. The molecule has 0 aromatic rings. The van der Waals surface area contributed by atoms with Gasteiger partial charge in [0.25, 0.3) is 0 Å². The zero-order chi connectivity index (χ0) is 8.81. The molecule has 72 valence electrons. The summed E-state index contributed by atoms with van der Waals surface area (Å²) in [4.78, 5) is 10.2. The van der Waals surface area contributed by atoms with Gasteiger partial charge in [0.15, 0.2) is 0 Å². The SMILES string of the molecule is O=C(O)CCCCC1CCSS1.[NaH]. The number of unbranched alkanes of at least 4 members (excludes halogenated alkanes) is 1. The maximum absolute atomic E-state index is 10.2. The summed E-state index contributed by atoms with van der Waals surface area (Å²) in [6.45, 7) is 0. The van der Waals surface area contributed by atoms with Gasteiger partial charge < -0.3 is 5.11 Å². The van der Waals surface area contributed by atoms with Gasteiger partial charge in [0.1, 0.15) is 0 Å². The minimum absolute atomic E-state index is 0. The van der Waals surface area contributed by atoms with E-state index in [2.05, 4.69) is 0 Å². The van der Waals surface area contributed by atoms with Crippen LogP contribution in [0.4, 0.5) is 0 Å². The van der Waals surface area contributed by atoms with E-state index in [4.69, 9.17) is 5.11 Å². The Bertz CT molecular complexity index is 149. The predicted molar refractivity (Wildman–Crippen MR) is 61.7 cm³/mol. The molecule has 1 N–H and O–H groups in total. The van der Waals surface area contributed by atoms with Crippen LogP contribution in [0.2, 0.25) is 0 Å². The van der Waals surface area contributed by atoms with E-state index in [1.165, 1.54) is 18.6 Å². The van der Waals surface area contributed by atoms with Crippen LogP contribution < -0.4 is 0 Å². The average Bonchev–Trinajstić information content (AvgIpc) is 2.49. The summed E-state index contributed by atoms with van der Waals surface area (Å²) < 4.78 is 0. The average molecular weight is 230 g/mol. The quantitative estimate of drug-likeness (QED) is 0.446. The second-order valence-corrected chi connectivity index (χ2v) is 5.76. The van der Waals surface area contributed by atoms with Crippen molar-refractivity contribution < 1.29 is 9.90 Å². The minimum atomic E-state index is -0.663. The molecule has 1 aliphatic rings. The molecule has 0 bridgehead atoms. The van der Waals surface area contributed by atoms with Gasteiger partial charge in [-0.25, -0.2) is 0 Å². The molecule has 0 aromatic carbocycles. The molecule has 1 unspecified atom stereocenters. The van der Waals surface area contributed by atoms with Gasteiger partial charge in [-0.2, -0.15) is 0 Å². The van der Waals surface area contributed by atoms with Crippen LogP contribution in [0.15, 0.2) is 0 Å². The molecule has 13 heavy (non-hydrogen) atoms. The molecule has 0 spiro atoms. The van der Waals surface area contributed by atoms with Gasteiger partial charge in [-0.1, -0.05) is 28.0 Å². The number of rotatable bonds is 5. The molecule has 1 heterocycles. The van der Waals surface area contributed by atoms with Crippen molar-refractivity contribution in [1.29, 1.82) is 0 Å². The van der Waals surface area contributed by atoms with Crippen molar-refractivity contribution in [2.75, 3.05) is 5.75 Å². The third-order valence-corrected chi connectivity index (χ3v) is 4.90. The second kappa shape index (κ2) is 8.48. The molecule has 0 aromatic heterocycles. The van der Waals surface area contributed by atoms with Gasteiger partial charge in [0.2, 0.25) is 0 Å². The van der Waals surface area contributed by atoms with Crippen molar-refractivity contribution in [1.82, 2.24) is 0 Å². The van der Waals surface area contributed by atoms with Gasteiger partial charge in [-0.3, -0.25) is 4.79 Å². The molecule has 0 aliphatic carbocycles. The van der Waals surface area contributed by atoms with Crippen LogP contribution in [0.1, 0.15) is 32.1 Å². The Labute approximate surface area is 109 Å². The molecule has 1 rings (SSSR count). The van der Waals surface area contributed by atoms with Gasteiger partial charge in [0, 0.05) is 17.4 Å². The Morgan fingerprint density at radius 1 is 1.46 bits per heavy atom. The summed E-state index contributed by atoms with van der Waals surface area (Å²) in [5.41, 5.74) is 0. The van der Waals surface area contributed by atoms with E-state index in [1.807, 2.05) is 21.6 Å². The van der Waals surface area contributed by atoms with Gasteiger partial charge in [0.05, 0.1) is 0 Å². The zero-order valence-corrected chi connectivity index (χ0v) is 8.62. The van der Waals surface area contributed by atoms with Crippen molar-refractivity contribution in [3.8, 4) is 0 Å². The van der Waals surface area contributed by atoms with E-state index in [-0.39, 0.29) is 29.6 Å². The first kappa shape index (κ1) is 14.2. The number of carbonyl (C=O) groups is 1. The van der Waals surface area contributed by atoms with E-state index < -0.39 is 5.97 Å². The van der Waals surface area contributed by atoms with Crippen LogP contribution in [0.25, 0.3) is 0 Å². The Kier molecular flexibility index (Phi) is 9.24. The number of carboxylic acids is 1. The van der Waals surface area contributed by atoms with E-state index in [0.717, 1.165) is 18.1 Å². The fraction of sp³-hybridized carbons (Fsp3) is 0.875. The van der Waals surface area contributed by atoms with Crippen molar-refractivity contribution in [2.24, 2.45) is 0 Å². The molecule has 0 amide bonds. The van der Waals surface area contributed by atoms with Crippen LogP contribution >= 0.6 is 21.6 Å². The standard InChI is InChI=1S/C8H14O2S2.Na.H/c9-8(10)4-2-1-3-7-5-6-11-12-7;;/h7H,1-6H2,(H,9,10);;. The molecule has 1 saturated heterocycles. The van der Waals surface area contributed by atoms with Crippen LogP contribution in [0.3, 0.4) is 0 Å². The fourth-order valence-corrected chi connectivity index (χ4v) is 4.24. The third-order valence-electron chi connectivity index (χ3n) is 1.89. The van der Waals surface area contributed by atoms with Crippen LogP contribution in [-0.4, -0.2) is 51.6 Å². The van der Waals surface area contributed by atoms with Crippen LogP contribution in [0, 0.1) is 0 Å². The predicted octanol–water partition coefficient (Wildman–Crippen LogP) is 2.14. The van der Waals surface area contributed by atoms with Crippen molar-refractivity contribution in [3.05, 3.63) is 0 Å². The molecule has 2 nitrogen and oxygen atoms in total. The van der Waals surface area contributed by atoms with E-state index in [1.54, 1.807) is 0 Å². The molecular formula is C8H15NaO2S2. The number of hydrogen-bond acceptors (Lipinski definition) is 3. The number of carboxylic acid groups (broad SMARTS) is 1. The summed E-state index contributed by atoms with van der Waals surface area (Å²) in [6, 6.07) is 0. The Hall–Kier alpha value is 1.17. The van der Waals surface area contributed by atoms with Crippen molar-refractivity contribution in [3.63, 3.8) is 0 Å². The van der Waals surface area contributed by atoms with E-state index >= 15 is 0 Å². The topological polar surface area (TPSA) is 37.3 Å². The summed E-state index contributed by atoms with van der Waals surface area (Å²) in [5.74, 6) is 0.609. The van der Waals surface area contributed by atoms with Gasteiger partial charge >= 0.3 is 35.5 Å². The molecule has 0 radical (unpaired) electrons. The van der Waals surface area contributed by atoms with Crippen molar-refractivity contribution in [2.45, 2.75) is 37.4 Å². The second-order valence-electron chi connectivity index (χ2n) is 2.97. The van der Waals surface area contributed by atoms with E-state index in [0.29, 0.717) is 6.42 Å². The first-order valence-electron chi connectivity index (χ1n) is 4.29. The molecule has 1 atom stereocenters. The van der Waals surface area contributed by atoms with Gasteiger partial charge in [-0.05, 0) is 19.3 Å². The fourth-order valence-electron chi connectivity index (χ4n) is 1.21. The molecule has 5 heteroatoms. The zero-order valence-electron chi connectivity index (χ0n) is 6.99. The molecule has 1 fully saturated rings. The number of aliphatic carboxylic acids is 1. The monoisotopic (exact) mass is 230 g/mol. The first-order valence-corrected chi connectivity index (χ1v) is 6.67. The van der Waals surface area contributed by atoms with Crippen molar-refractivity contribution >= 4 is 57.1 Å². The summed E-state index contributed by atoms with van der Waals surface area (Å²) in [6.07, 6.45) is 4.76. The third kappa shape index (κ3) is 7.14. The maximum atomic E-state index is 10.2. The Morgan fingerprint density at radius 3 is 2.77 bits per heavy atom. The van der Waals surface area contributed by atoms with Crippen LogP contribution in [-0.2, 0) is 4.79 Å². The van der Waals surface area contributed by atoms with Gasteiger partial charge in [-0.15, -0.1) is 0 Å². The normalized spacial score (nSPS) is 21.1. The van der Waals surface area contributed by atoms with E-state index in [9.17, 15) is 4.79 Å². The summed E-state index contributed by atoms with van der Waals surface area (Å²) in [5, 5.41) is 9.19.